The third kappa shape index (κ3) is 3.58. The molecule has 6 nitrogen and oxygen atoms in total. The molecule has 1 fully saturated rings. The Labute approximate surface area is 122 Å². The number of hydrogen-bond acceptors (Lipinski definition) is 5. The van der Waals surface area contributed by atoms with E-state index < -0.39 is 4.92 Å². The highest BCUT2D eigenvalue weighted by molar-refractivity contribution is 6.33. The van der Waals surface area contributed by atoms with E-state index in [4.69, 9.17) is 17.3 Å². The van der Waals surface area contributed by atoms with E-state index in [1.54, 1.807) is 0 Å². The lowest BCUT2D eigenvalue weighted by atomic mass is 9.84. The van der Waals surface area contributed by atoms with Crippen LogP contribution in [-0.2, 0) is 0 Å². The fraction of sp³-hybridized carbons (Fsp3) is 0.615. The number of rotatable bonds is 5. The van der Waals surface area contributed by atoms with E-state index >= 15 is 0 Å². The monoisotopic (exact) mass is 298 g/mol. The predicted molar refractivity (Wildman–Crippen MR) is 78.9 cm³/mol. The highest BCUT2D eigenvalue weighted by Gasteiger charge is 2.23. The van der Waals surface area contributed by atoms with Crippen molar-refractivity contribution in [1.82, 2.24) is 4.98 Å². The standard InChI is InChI=1S/C13H19ClN4O2/c14-11-6-10(18(19)20)8-16-13(11)17-12(7-15)9-4-2-1-3-5-9/h6,8-9,12H,1-5,7,15H2,(H,16,17). The van der Waals surface area contributed by atoms with Gasteiger partial charge in [0, 0.05) is 18.7 Å². The van der Waals surface area contributed by atoms with Gasteiger partial charge >= 0.3 is 0 Å². The van der Waals surface area contributed by atoms with E-state index in [-0.39, 0.29) is 16.8 Å². The summed E-state index contributed by atoms with van der Waals surface area (Å²) in [5.74, 6) is 0.986. The zero-order chi connectivity index (χ0) is 14.5. The van der Waals surface area contributed by atoms with Gasteiger partial charge in [0.05, 0.1) is 9.95 Å². The number of pyridine rings is 1. The third-order valence-electron chi connectivity index (χ3n) is 3.83. The molecule has 0 aromatic carbocycles. The van der Waals surface area contributed by atoms with Crippen molar-refractivity contribution < 1.29 is 4.92 Å². The van der Waals surface area contributed by atoms with E-state index in [9.17, 15) is 10.1 Å². The van der Waals surface area contributed by atoms with Crippen LogP contribution < -0.4 is 11.1 Å². The molecular weight excluding hydrogens is 280 g/mol. The van der Waals surface area contributed by atoms with Gasteiger partial charge in [-0.05, 0) is 18.8 Å². The van der Waals surface area contributed by atoms with Crippen molar-refractivity contribution in [2.75, 3.05) is 11.9 Å². The molecule has 1 atom stereocenters. The van der Waals surface area contributed by atoms with Crippen molar-refractivity contribution in [3.8, 4) is 0 Å². The molecule has 0 radical (unpaired) electrons. The summed E-state index contributed by atoms with van der Waals surface area (Å²) in [6, 6.07) is 1.42. The Kier molecular flexibility index (Phi) is 5.14. The maximum atomic E-state index is 10.7. The molecule has 1 unspecified atom stereocenters. The smallest absolute Gasteiger partial charge is 0.289 e. The van der Waals surface area contributed by atoms with Crippen molar-refractivity contribution in [1.29, 1.82) is 0 Å². The van der Waals surface area contributed by atoms with Gasteiger partial charge in [0.25, 0.3) is 5.69 Å². The quantitative estimate of drug-likeness (QED) is 0.644. The Bertz CT molecular complexity index is 477. The second kappa shape index (κ2) is 6.85. The number of nitro groups is 1. The topological polar surface area (TPSA) is 94.1 Å². The number of nitrogens with zero attached hydrogens (tertiary/aromatic N) is 2. The molecule has 1 aromatic heterocycles. The van der Waals surface area contributed by atoms with Gasteiger partial charge < -0.3 is 11.1 Å². The van der Waals surface area contributed by atoms with Gasteiger partial charge in [0.2, 0.25) is 0 Å². The second-order valence-electron chi connectivity index (χ2n) is 5.17. The van der Waals surface area contributed by atoms with Gasteiger partial charge in [0.1, 0.15) is 12.0 Å². The molecule has 1 aliphatic carbocycles. The third-order valence-corrected chi connectivity index (χ3v) is 4.12. The van der Waals surface area contributed by atoms with E-state index in [0.717, 1.165) is 12.8 Å². The molecule has 0 amide bonds. The molecule has 110 valence electrons. The summed E-state index contributed by atoms with van der Waals surface area (Å²) in [5, 5.41) is 14.2. The first kappa shape index (κ1) is 15.0. The molecule has 1 aliphatic rings. The zero-order valence-electron chi connectivity index (χ0n) is 11.2. The highest BCUT2D eigenvalue weighted by Crippen LogP contribution is 2.30. The number of hydrogen-bond donors (Lipinski definition) is 2. The van der Waals surface area contributed by atoms with Crippen LogP contribution in [-0.4, -0.2) is 22.5 Å². The van der Waals surface area contributed by atoms with Gasteiger partial charge in [-0.1, -0.05) is 30.9 Å². The molecule has 20 heavy (non-hydrogen) atoms. The minimum absolute atomic E-state index is 0.109. The van der Waals surface area contributed by atoms with E-state index in [2.05, 4.69) is 10.3 Å². The Morgan fingerprint density at radius 3 is 2.75 bits per heavy atom. The Morgan fingerprint density at radius 1 is 1.50 bits per heavy atom. The van der Waals surface area contributed by atoms with Crippen molar-refractivity contribution in [2.24, 2.45) is 11.7 Å². The van der Waals surface area contributed by atoms with Gasteiger partial charge in [-0.15, -0.1) is 0 Å². The summed E-state index contributed by atoms with van der Waals surface area (Å²) in [7, 11) is 0. The fourth-order valence-corrected chi connectivity index (χ4v) is 2.93. The number of nitrogens with two attached hydrogens (primary N) is 1. The summed E-state index contributed by atoms with van der Waals surface area (Å²) in [5.41, 5.74) is 5.73. The van der Waals surface area contributed by atoms with Gasteiger partial charge in [-0.25, -0.2) is 4.98 Å². The average molecular weight is 299 g/mol. The van der Waals surface area contributed by atoms with Crippen molar-refractivity contribution >= 4 is 23.1 Å². The minimum atomic E-state index is -0.510. The minimum Gasteiger partial charge on any atom is -0.365 e. The normalized spacial score (nSPS) is 17.7. The van der Waals surface area contributed by atoms with E-state index in [0.29, 0.717) is 18.3 Å². The highest BCUT2D eigenvalue weighted by atomic mass is 35.5. The first-order valence-electron chi connectivity index (χ1n) is 6.88. The average Bonchev–Trinajstić information content (AvgIpc) is 2.46. The number of aromatic nitrogens is 1. The van der Waals surface area contributed by atoms with Crippen LogP contribution in [0.25, 0.3) is 0 Å². The molecule has 3 N–H and O–H groups in total. The molecule has 0 aliphatic heterocycles. The zero-order valence-corrected chi connectivity index (χ0v) is 12.0. The van der Waals surface area contributed by atoms with Crippen molar-refractivity contribution in [3.05, 3.63) is 27.4 Å². The summed E-state index contributed by atoms with van der Waals surface area (Å²) in [6.45, 7) is 0.500. The van der Waals surface area contributed by atoms with E-state index in [1.807, 2.05) is 0 Å². The molecule has 1 heterocycles. The summed E-state index contributed by atoms with van der Waals surface area (Å²) in [6.07, 6.45) is 7.25. The Balaban J connectivity index is 2.08. The van der Waals surface area contributed by atoms with Crippen molar-refractivity contribution in [2.45, 2.75) is 38.1 Å². The molecule has 0 spiro atoms. The number of halogens is 1. The van der Waals surface area contributed by atoms with E-state index in [1.165, 1.54) is 31.5 Å². The van der Waals surface area contributed by atoms with Crippen LogP contribution in [0.3, 0.4) is 0 Å². The summed E-state index contributed by atoms with van der Waals surface area (Å²) >= 11 is 6.04. The summed E-state index contributed by atoms with van der Waals surface area (Å²) < 4.78 is 0. The van der Waals surface area contributed by atoms with Crippen LogP contribution >= 0.6 is 11.6 Å². The predicted octanol–water partition coefficient (Wildman–Crippen LogP) is 2.96. The van der Waals surface area contributed by atoms with Crippen LogP contribution in [0.2, 0.25) is 5.02 Å². The maximum Gasteiger partial charge on any atom is 0.289 e. The SMILES string of the molecule is NCC(Nc1ncc([N+](=O)[O-])cc1Cl)C1CCCCC1. The summed E-state index contributed by atoms with van der Waals surface area (Å²) in [4.78, 5) is 14.2. The molecule has 0 bridgehead atoms. The molecule has 0 saturated heterocycles. The fourth-order valence-electron chi connectivity index (χ4n) is 2.72. The molecular formula is C13H19ClN4O2. The van der Waals surface area contributed by atoms with Crippen LogP contribution in [0.15, 0.2) is 12.3 Å². The van der Waals surface area contributed by atoms with Crippen LogP contribution in [0.1, 0.15) is 32.1 Å². The lowest BCUT2D eigenvalue weighted by molar-refractivity contribution is -0.385. The molecule has 1 aromatic rings. The lowest BCUT2D eigenvalue weighted by Gasteiger charge is -2.30. The van der Waals surface area contributed by atoms with Crippen LogP contribution in [0.4, 0.5) is 11.5 Å². The second-order valence-corrected chi connectivity index (χ2v) is 5.57. The lowest BCUT2D eigenvalue weighted by Crippen LogP contribution is -2.37. The largest absolute Gasteiger partial charge is 0.365 e. The van der Waals surface area contributed by atoms with Crippen LogP contribution in [0, 0.1) is 16.0 Å². The molecule has 1 saturated carbocycles. The first-order chi connectivity index (χ1) is 9.61. The van der Waals surface area contributed by atoms with Crippen molar-refractivity contribution in [3.63, 3.8) is 0 Å². The van der Waals surface area contributed by atoms with Gasteiger partial charge in [0.15, 0.2) is 0 Å². The molecule has 2 rings (SSSR count). The van der Waals surface area contributed by atoms with Gasteiger partial charge in [-0.2, -0.15) is 0 Å². The van der Waals surface area contributed by atoms with Crippen LogP contribution in [0.5, 0.6) is 0 Å². The van der Waals surface area contributed by atoms with Gasteiger partial charge in [-0.3, -0.25) is 10.1 Å². The Hall–Kier alpha value is -1.40. The maximum absolute atomic E-state index is 10.7. The Morgan fingerprint density at radius 2 is 2.20 bits per heavy atom. The molecule has 7 heteroatoms. The number of nitrogens with one attached hydrogen (secondary N) is 1. The number of anilines is 1. The first-order valence-corrected chi connectivity index (χ1v) is 7.26.